The number of aromatic nitrogens is 2. The summed E-state index contributed by atoms with van der Waals surface area (Å²) in [5.74, 6) is -0.392. The lowest BCUT2D eigenvalue weighted by Gasteiger charge is -2.11. The molecular formula is C15H17N3O6. The Bertz CT molecular complexity index is 697. The molecule has 1 aromatic heterocycles. The van der Waals surface area contributed by atoms with Gasteiger partial charge in [-0.25, -0.2) is 4.79 Å². The van der Waals surface area contributed by atoms with Gasteiger partial charge in [0.25, 0.3) is 0 Å². The number of aliphatic hydroxyl groups excluding tert-OH is 1. The van der Waals surface area contributed by atoms with E-state index in [-0.39, 0.29) is 31.5 Å². The minimum absolute atomic E-state index is 0.00192. The maximum absolute atomic E-state index is 11.9. The van der Waals surface area contributed by atoms with Crippen LogP contribution in [0.2, 0.25) is 0 Å². The highest BCUT2D eigenvalue weighted by Gasteiger charge is 2.19. The highest BCUT2D eigenvalue weighted by molar-refractivity contribution is 5.89. The molecule has 0 aliphatic rings. The van der Waals surface area contributed by atoms with Crippen molar-refractivity contribution in [1.29, 1.82) is 0 Å². The van der Waals surface area contributed by atoms with Crippen molar-refractivity contribution in [2.75, 3.05) is 27.3 Å². The van der Waals surface area contributed by atoms with E-state index in [1.807, 2.05) is 0 Å². The molecule has 0 aliphatic heterocycles. The van der Waals surface area contributed by atoms with Gasteiger partial charge in [-0.1, -0.05) is 5.16 Å². The summed E-state index contributed by atoms with van der Waals surface area (Å²) >= 11 is 0. The van der Waals surface area contributed by atoms with Crippen LogP contribution < -0.4 is 4.74 Å². The van der Waals surface area contributed by atoms with E-state index in [4.69, 9.17) is 14.4 Å². The molecule has 0 saturated carbocycles. The molecule has 0 atom stereocenters. The molecule has 9 nitrogen and oxygen atoms in total. The van der Waals surface area contributed by atoms with Crippen LogP contribution in [0.15, 0.2) is 28.8 Å². The summed E-state index contributed by atoms with van der Waals surface area (Å²) in [7, 11) is 2.82. The van der Waals surface area contributed by atoms with Crippen LogP contribution in [0.3, 0.4) is 0 Å². The van der Waals surface area contributed by atoms with Gasteiger partial charge in [-0.2, -0.15) is 4.98 Å². The lowest BCUT2D eigenvalue weighted by molar-refractivity contribution is 0.0600. The standard InChI is InChI=1S/C15H17N3O6/c1-18(7-8-19)14(20)13-16-12(17-24-13)9-23-11-5-3-10(4-6-11)15(21)22-2/h3-6,19H,7-9H2,1-2H3. The molecule has 1 heterocycles. The lowest BCUT2D eigenvalue weighted by atomic mass is 10.2. The van der Waals surface area contributed by atoms with Crippen molar-refractivity contribution in [2.45, 2.75) is 6.61 Å². The van der Waals surface area contributed by atoms with Crippen molar-refractivity contribution < 1.29 is 28.7 Å². The summed E-state index contributed by atoms with van der Waals surface area (Å²) in [6, 6.07) is 6.34. The van der Waals surface area contributed by atoms with Gasteiger partial charge < -0.3 is 24.0 Å². The fraction of sp³-hybridized carbons (Fsp3) is 0.333. The van der Waals surface area contributed by atoms with Gasteiger partial charge in [-0.05, 0) is 24.3 Å². The lowest BCUT2D eigenvalue weighted by Crippen LogP contribution is -2.29. The second-order valence-electron chi connectivity index (χ2n) is 4.77. The molecule has 1 amide bonds. The molecule has 0 unspecified atom stereocenters. The summed E-state index contributed by atoms with van der Waals surface area (Å²) in [5, 5.41) is 12.5. The molecular weight excluding hydrogens is 318 g/mol. The van der Waals surface area contributed by atoms with Crippen LogP contribution in [-0.2, 0) is 11.3 Å². The van der Waals surface area contributed by atoms with E-state index >= 15 is 0 Å². The number of aliphatic hydroxyl groups is 1. The van der Waals surface area contributed by atoms with E-state index in [0.29, 0.717) is 11.3 Å². The molecule has 0 bridgehead atoms. The van der Waals surface area contributed by atoms with Gasteiger partial charge in [-0.3, -0.25) is 4.79 Å². The number of ether oxygens (including phenoxy) is 2. The average Bonchev–Trinajstić information content (AvgIpc) is 3.08. The van der Waals surface area contributed by atoms with E-state index in [1.54, 1.807) is 24.3 Å². The zero-order chi connectivity index (χ0) is 17.5. The highest BCUT2D eigenvalue weighted by atomic mass is 16.5. The smallest absolute Gasteiger partial charge is 0.337 e. The Morgan fingerprint density at radius 3 is 2.62 bits per heavy atom. The first-order valence-corrected chi connectivity index (χ1v) is 7.05. The summed E-state index contributed by atoms with van der Waals surface area (Å²) < 4.78 is 14.9. The molecule has 0 radical (unpaired) electrons. The van der Waals surface area contributed by atoms with Crippen molar-refractivity contribution in [3.8, 4) is 5.75 Å². The minimum Gasteiger partial charge on any atom is -0.485 e. The van der Waals surface area contributed by atoms with Crippen molar-refractivity contribution in [3.05, 3.63) is 41.5 Å². The zero-order valence-electron chi connectivity index (χ0n) is 13.3. The predicted molar refractivity (Wildman–Crippen MR) is 80.5 cm³/mol. The summed E-state index contributed by atoms with van der Waals surface area (Å²) in [6.45, 7) is 0.00553. The topological polar surface area (TPSA) is 115 Å². The molecule has 0 aliphatic carbocycles. The SMILES string of the molecule is COC(=O)c1ccc(OCc2noc(C(=O)N(C)CCO)n2)cc1. The molecule has 1 N–H and O–H groups in total. The van der Waals surface area contributed by atoms with Crippen molar-refractivity contribution >= 4 is 11.9 Å². The maximum Gasteiger partial charge on any atom is 0.337 e. The van der Waals surface area contributed by atoms with Gasteiger partial charge in [0.15, 0.2) is 6.61 Å². The number of carbonyl (C=O) groups excluding carboxylic acids is 2. The molecule has 24 heavy (non-hydrogen) atoms. The number of amides is 1. The van der Waals surface area contributed by atoms with Gasteiger partial charge in [0.2, 0.25) is 5.82 Å². The Balaban J connectivity index is 1.93. The van der Waals surface area contributed by atoms with Crippen LogP contribution in [0.4, 0.5) is 0 Å². The highest BCUT2D eigenvalue weighted by Crippen LogP contribution is 2.14. The number of esters is 1. The molecule has 2 rings (SSSR count). The number of nitrogens with zero attached hydrogens (tertiary/aromatic N) is 3. The quantitative estimate of drug-likeness (QED) is 0.727. The van der Waals surface area contributed by atoms with Crippen molar-refractivity contribution in [1.82, 2.24) is 15.0 Å². The van der Waals surface area contributed by atoms with Crippen LogP contribution in [0.5, 0.6) is 5.75 Å². The second-order valence-corrected chi connectivity index (χ2v) is 4.77. The van der Waals surface area contributed by atoms with E-state index < -0.39 is 11.9 Å². The van der Waals surface area contributed by atoms with Crippen LogP contribution >= 0.6 is 0 Å². The van der Waals surface area contributed by atoms with Crippen LogP contribution in [0.1, 0.15) is 26.9 Å². The van der Waals surface area contributed by atoms with Gasteiger partial charge in [0.05, 0.1) is 19.3 Å². The number of hydrogen-bond donors (Lipinski definition) is 1. The Morgan fingerprint density at radius 1 is 1.29 bits per heavy atom. The Kier molecular flexibility index (Phi) is 5.85. The molecule has 9 heteroatoms. The van der Waals surface area contributed by atoms with Crippen LogP contribution in [0, 0.1) is 0 Å². The Morgan fingerprint density at radius 2 is 2.00 bits per heavy atom. The molecule has 128 valence electrons. The summed E-state index contributed by atoms with van der Waals surface area (Å²) in [5.41, 5.74) is 0.407. The van der Waals surface area contributed by atoms with E-state index in [1.165, 1.54) is 19.1 Å². The van der Waals surface area contributed by atoms with Crippen molar-refractivity contribution in [2.24, 2.45) is 0 Å². The van der Waals surface area contributed by atoms with E-state index in [2.05, 4.69) is 14.9 Å². The second kappa shape index (κ2) is 8.06. The number of rotatable bonds is 7. The van der Waals surface area contributed by atoms with Gasteiger partial charge >= 0.3 is 17.8 Å². The van der Waals surface area contributed by atoms with E-state index in [0.717, 1.165) is 0 Å². The Hall–Kier alpha value is -2.94. The number of hydrogen-bond acceptors (Lipinski definition) is 8. The fourth-order valence-corrected chi connectivity index (χ4v) is 1.77. The third-order valence-electron chi connectivity index (χ3n) is 3.08. The summed E-state index contributed by atoms with van der Waals surface area (Å²) in [6.07, 6.45) is 0. The van der Waals surface area contributed by atoms with Gasteiger partial charge in [-0.15, -0.1) is 0 Å². The molecule has 1 aromatic carbocycles. The number of carbonyl (C=O) groups is 2. The van der Waals surface area contributed by atoms with Crippen LogP contribution in [-0.4, -0.2) is 59.3 Å². The van der Waals surface area contributed by atoms with Crippen LogP contribution in [0.25, 0.3) is 0 Å². The predicted octanol–water partition coefficient (Wildman–Crippen LogP) is 0.499. The molecule has 2 aromatic rings. The third kappa shape index (κ3) is 4.29. The minimum atomic E-state index is -0.481. The third-order valence-corrected chi connectivity index (χ3v) is 3.08. The molecule has 0 saturated heterocycles. The first-order chi connectivity index (χ1) is 11.5. The average molecular weight is 335 g/mol. The fourth-order valence-electron chi connectivity index (χ4n) is 1.77. The molecule has 0 fully saturated rings. The zero-order valence-corrected chi connectivity index (χ0v) is 13.3. The van der Waals surface area contributed by atoms with E-state index in [9.17, 15) is 9.59 Å². The first-order valence-electron chi connectivity index (χ1n) is 7.05. The largest absolute Gasteiger partial charge is 0.485 e. The van der Waals surface area contributed by atoms with Gasteiger partial charge in [0, 0.05) is 13.6 Å². The number of benzene rings is 1. The Labute approximate surface area is 137 Å². The normalized spacial score (nSPS) is 10.3. The monoisotopic (exact) mass is 335 g/mol. The molecule has 0 spiro atoms. The summed E-state index contributed by atoms with van der Waals surface area (Å²) in [4.78, 5) is 28.4. The number of methoxy groups -OCH3 is 1. The van der Waals surface area contributed by atoms with Crippen molar-refractivity contribution in [3.63, 3.8) is 0 Å². The first kappa shape index (κ1) is 17.4. The maximum atomic E-state index is 11.9. The van der Waals surface area contributed by atoms with Gasteiger partial charge in [0.1, 0.15) is 5.75 Å². The number of likely N-dealkylation sites (N-methyl/N-ethyl adjacent to an activating group) is 1.